The van der Waals surface area contributed by atoms with Gasteiger partial charge in [0.2, 0.25) is 5.56 Å². The van der Waals surface area contributed by atoms with E-state index >= 15 is 0 Å². The van der Waals surface area contributed by atoms with E-state index in [9.17, 15) is 4.79 Å². The topological polar surface area (TPSA) is 34.0 Å². The van der Waals surface area contributed by atoms with Crippen LogP contribution in [0.5, 0.6) is 0 Å². The van der Waals surface area contributed by atoms with Crippen molar-refractivity contribution in [2.45, 2.75) is 39.2 Å². The van der Waals surface area contributed by atoms with Crippen LogP contribution in [0, 0.1) is 11.8 Å². The Balaban J connectivity index is 2.09. The summed E-state index contributed by atoms with van der Waals surface area (Å²) in [6, 6.07) is 4.05. The lowest BCUT2D eigenvalue weighted by Gasteiger charge is -2.35. The fourth-order valence-electron chi connectivity index (χ4n) is 2.68. The van der Waals surface area contributed by atoms with E-state index in [0.29, 0.717) is 12.0 Å². The third kappa shape index (κ3) is 2.71. The van der Waals surface area contributed by atoms with Crippen molar-refractivity contribution in [3.63, 3.8) is 0 Å². The minimum absolute atomic E-state index is 0.0422. The monoisotopic (exact) mass is 234 g/mol. The van der Waals surface area contributed by atoms with Gasteiger partial charge in [0.25, 0.3) is 0 Å². The lowest BCUT2D eigenvalue weighted by atomic mass is 9.78. The second-order valence-corrected chi connectivity index (χ2v) is 5.39. The van der Waals surface area contributed by atoms with Gasteiger partial charge in [0.1, 0.15) is 0 Å². The van der Waals surface area contributed by atoms with Crippen molar-refractivity contribution in [2.75, 3.05) is 5.32 Å². The van der Waals surface area contributed by atoms with Gasteiger partial charge in [-0.15, -0.1) is 0 Å². The van der Waals surface area contributed by atoms with Gasteiger partial charge in [-0.05, 0) is 24.3 Å². The number of hydrogen-bond acceptors (Lipinski definition) is 2. The second-order valence-electron chi connectivity index (χ2n) is 5.39. The fraction of sp³-hybridized carbons (Fsp3) is 0.643. The predicted octanol–water partition coefficient (Wildman–Crippen LogP) is 2.62. The summed E-state index contributed by atoms with van der Waals surface area (Å²) in [7, 11) is 1.79. The summed E-state index contributed by atoms with van der Waals surface area (Å²) in [5.74, 6) is 1.48. The normalized spacial score (nSPS) is 29.0. The Labute approximate surface area is 103 Å². The Bertz CT molecular complexity index is 438. The molecule has 1 aromatic rings. The van der Waals surface area contributed by atoms with E-state index in [1.54, 1.807) is 17.7 Å². The van der Waals surface area contributed by atoms with Gasteiger partial charge >= 0.3 is 0 Å². The van der Waals surface area contributed by atoms with Crippen LogP contribution in [0.3, 0.4) is 0 Å². The summed E-state index contributed by atoms with van der Waals surface area (Å²) in [4.78, 5) is 11.3. The van der Waals surface area contributed by atoms with Crippen LogP contribution in [-0.2, 0) is 7.05 Å². The van der Waals surface area contributed by atoms with Crippen molar-refractivity contribution in [1.29, 1.82) is 0 Å². The Morgan fingerprint density at radius 1 is 1.29 bits per heavy atom. The third-order valence-corrected chi connectivity index (χ3v) is 4.14. The molecule has 3 atom stereocenters. The van der Waals surface area contributed by atoms with Crippen LogP contribution in [-0.4, -0.2) is 10.6 Å². The van der Waals surface area contributed by atoms with Gasteiger partial charge in [-0.25, -0.2) is 0 Å². The molecule has 2 rings (SSSR count). The first-order chi connectivity index (χ1) is 8.08. The number of nitrogens with zero attached hydrogens (tertiary/aromatic N) is 1. The van der Waals surface area contributed by atoms with Crippen molar-refractivity contribution < 1.29 is 0 Å². The number of hydrogen-bond donors (Lipinski definition) is 1. The SMILES string of the molecule is CC1CCCC(Nc2ccc(=O)n(C)c2)C1C. The van der Waals surface area contributed by atoms with Gasteiger partial charge in [0.15, 0.2) is 0 Å². The first-order valence-corrected chi connectivity index (χ1v) is 6.51. The summed E-state index contributed by atoms with van der Waals surface area (Å²) >= 11 is 0. The van der Waals surface area contributed by atoms with Crippen LogP contribution >= 0.6 is 0 Å². The van der Waals surface area contributed by atoms with Gasteiger partial charge in [-0.2, -0.15) is 0 Å². The van der Waals surface area contributed by atoms with Crippen molar-refractivity contribution in [1.82, 2.24) is 4.57 Å². The molecule has 1 N–H and O–H groups in total. The molecule has 0 saturated heterocycles. The number of anilines is 1. The molecule has 1 aliphatic carbocycles. The number of aromatic nitrogens is 1. The third-order valence-electron chi connectivity index (χ3n) is 4.14. The molecule has 1 aromatic heterocycles. The predicted molar refractivity (Wildman–Crippen MR) is 71.3 cm³/mol. The molecule has 1 heterocycles. The Hall–Kier alpha value is -1.25. The minimum atomic E-state index is 0.0422. The average molecular weight is 234 g/mol. The maximum absolute atomic E-state index is 11.3. The molecule has 0 aromatic carbocycles. The van der Waals surface area contributed by atoms with Crippen molar-refractivity contribution in [3.8, 4) is 0 Å². The molecule has 1 aliphatic rings. The molecule has 3 unspecified atom stereocenters. The Kier molecular flexibility index (Phi) is 3.55. The van der Waals surface area contributed by atoms with Crippen molar-refractivity contribution in [2.24, 2.45) is 18.9 Å². The van der Waals surface area contributed by atoms with Crippen molar-refractivity contribution >= 4 is 5.69 Å². The van der Waals surface area contributed by atoms with Crippen LogP contribution < -0.4 is 10.9 Å². The first kappa shape index (κ1) is 12.2. The quantitative estimate of drug-likeness (QED) is 0.853. The molecule has 0 bridgehead atoms. The molecule has 0 spiro atoms. The lowest BCUT2D eigenvalue weighted by molar-refractivity contribution is 0.253. The summed E-state index contributed by atoms with van der Waals surface area (Å²) in [6.45, 7) is 4.66. The molecular weight excluding hydrogens is 212 g/mol. The summed E-state index contributed by atoms with van der Waals surface area (Å²) in [5.41, 5.74) is 1.10. The van der Waals surface area contributed by atoms with Crippen LogP contribution in [0.2, 0.25) is 0 Å². The van der Waals surface area contributed by atoms with Gasteiger partial charge in [-0.3, -0.25) is 4.79 Å². The minimum Gasteiger partial charge on any atom is -0.381 e. The molecule has 3 heteroatoms. The average Bonchev–Trinajstić information content (AvgIpc) is 2.30. The first-order valence-electron chi connectivity index (χ1n) is 6.51. The smallest absolute Gasteiger partial charge is 0.250 e. The van der Waals surface area contributed by atoms with Crippen LogP contribution in [0.4, 0.5) is 5.69 Å². The van der Waals surface area contributed by atoms with Crippen LogP contribution in [0.1, 0.15) is 33.1 Å². The highest BCUT2D eigenvalue weighted by atomic mass is 16.1. The Morgan fingerprint density at radius 2 is 2.06 bits per heavy atom. The van der Waals surface area contributed by atoms with Crippen molar-refractivity contribution in [3.05, 3.63) is 28.7 Å². The van der Waals surface area contributed by atoms with Gasteiger partial charge < -0.3 is 9.88 Å². The zero-order valence-corrected chi connectivity index (χ0v) is 10.9. The highest BCUT2D eigenvalue weighted by Crippen LogP contribution is 2.31. The number of pyridine rings is 1. The van der Waals surface area contributed by atoms with Gasteiger partial charge in [-0.1, -0.05) is 26.7 Å². The molecular formula is C14H22N2O. The molecule has 1 fully saturated rings. The highest BCUT2D eigenvalue weighted by molar-refractivity contribution is 5.41. The second kappa shape index (κ2) is 4.94. The number of nitrogens with one attached hydrogen (secondary N) is 1. The van der Waals surface area contributed by atoms with Crippen LogP contribution in [0.25, 0.3) is 0 Å². The maximum atomic E-state index is 11.3. The molecule has 94 valence electrons. The van der Waals surface area contributed by atoms with E-state index in [0.717, 1.165) is 11.6 Å². The van der Waals surface area contributed by atoms with E-state index < -0.39 is 0 Å². The van der Waals surface area contributed by atoms with E-state index in [4.69, 9.17) is 0 Å². The Morgan fingerprint density at radius 3 is 2.76 bits per heavy atom. The van der Waals surface area contributed by atoms with E-state index in [1.807, 2.05) is 12.3 Å². The number of rotatable bonds is 2. The summed E-state index contributed by atoms with van der Waals surface area (Å²) in [5, 5.41) is 3.57. The zero-order valence-electron chi connectivity index (χ0n) is 10.9. The number of aryl methyl sites for hydroxylation is 1. The summed E-state index contributed by atoms with van der Waals surface area (Å²) in [6.07, 6.45) is 5.75. The standard InChI is InChI=1S/C14H22N2O/c1-10-5-4-6-13(11(10)2)15-12-7-8-14(17)16(3)9-12/h7-11,13,15H,4-6H2,1-3H3. The molecule has 1 saturated carbocycles. The van der Waals surface area contributed by atoms with Gasteiger partial charge in [0, 0.05) is 25.4 Å². The lowest BCUT2D eigenvalue weighted by Crippen LogP contribution is -2.35. The molecule has 0 radical (unpaired) electrons. The van der Waals surface area contributed by atoms with Gasteiger partial charge in [0.05, 0.1) is 5.69 Å². The molecule has 0 aliphatic heterocycles. The van der Waals surface area contributed by atoms with E-state index in [-0.39, 0.29) is 5.56 Å². The van der Waals surface area contributed by atoms with E-state index in [2.05, 4.69) is 19.2 Å². The largest absolute Gasteiger partial charge is 0.381 e. The fourth-order valence-corrected chi connectivity index (χ4v) is 2.68. The maximum Gasteiger partial charge on any atom is 0.250 e. The summed E-state index contributed by atoms with van der Waals surface area (Å²) < 4.78 is 1.62. The van der Waals surface area contributed by atoms with Crippen LogP contribution in [0.15, 0.2) is 23.1 Å². The molecule has 0 amide bonds. The molecule has 3 nitrogen and oxygen atoms in total. The molecule has 17 heavy (non-hydrogen) atoms. The zero-order chi connectivity index (χ0) is 12.4. The highest BCUT2D eigenvalue weighted by Gasteiger charge is 2.26. The van der Waals surface area contributed by atoms with E-state index in [1.165, 1.54) is 19.3 Å².